The highest BCUT2D eigenvalue weighted by Crippen LogP contribution is 2.25. The van der Waals surface area contributed by atoms with E-state index in [9.17, 15) is 18.0 Å². The lowest BCUT2D eigenvalue weighted by molar-refractivity contribution is -0.274. The summed E-state index contributed by atoms with van der Waals surface area (Å²) in [6.07, 6.45) is -1.66. The zero-order chi connectivity index (χ0) is 20.9. The van der Waals surface area contributed by atoms with Gasteiger partial charge in [-0.25, -0.2) is 9.67 Å². The number of nitrogens with zero attached hydrogens (tertiary/aromatic N) is 3. The van der Waals surface area contributed by atoms with Crippen LogP contribution in [0.3, 0.4) is 0 Å². The van der Waals surface area contributed by atoms with Crippen molar-refractivity contribution in [3.05, 3.63) is 60.4 Å². The molecule has 0 saturated carbocycles. The molecule has 1 unspecified atom stereocenters. The Morgan fingerprint density at radius 2 is 1.83 bits per heavy atom. The van der Waals surface area contributed by atoms with E-state index < -0.39 is 6.36 Å². The van der Waals surface area contributed by atoms with Crippen molar-refractivity contribution >= 4 is 6.41 Å². The molecule has 1 N–H and O–H groups in total. The Morgan fingerprint density at radius 1 is 1.14 bits per heavy atom. The lowest BCUT2D eigenvalue weighted by atomic mass is 9.95. The fraction of sp³-hybridized carbons (Fsp3) is 0.250. The number of ether oxygens (including phenoxy) is 1. The van der Waals surface area contributed by atoms with Crippen LogP contribution < -0.4 is 10.1 Å². The molecule has 0 spiro atoms. The smallest absolute Gasteiger partial charge is 0.406 e. The van der Waals surface area contributed by atoms with Gasteiger partial charge < -0.3 is 10.1 Å². The van der Waals surface area contributed by atoms with Gasteiger partial charge in [0.2, 0.25) is 6.41 Å². The topological polar surface area (TPSA) is 69.0 Å². The molecular formula is C20H19F3N4O2. The van der Waals surface area contributed by atoms with Crippen LogP contribution in [0.1, 0.15) is 24.8 Å². The Balaban J connectivity index is 1.73. The standard InChI is InChI=1S/C20H19F3N4O2/c1-2-14(11-24-13-28)15-3-5-16(6-4-15)19-25-12-27(26-19)17-7-9-18(10-8-17)29-20(21,22)23/h3-10,12-14H,2,11H2,1H3,(H,24,28). The van der Waals surface area contributed by atoms with Gasteiger partial charge in [-0.05, 0) is 36.2 Å². The van der Waals surface area contributed by atoms with Crippen molar-refractivity contribution in [3.8, 4) is 22.8 Å². The van der Waals surface area contributed by atoms with Gasteiger partial charge in [-0.3, -0.25) is 4.79 Å². The molecule has 2 aromatic carbocycles. The number of amides is 1. The summed E-state index contributed by atoms with van der Waals surface area (Å²) in [5.41, 5.74) is 2.47. The van der Waals surface area contributed by atoms with Crippen molar-refractivity contribution < 1.29 is 22.7 Å². The van der Waals surface area contributed by atoms with Gasteiger partial charge in [-0.15, -0.1) is 18.3 Å². The number of hydrogen-bond acceptors (Lipinski definition) is 4. The lowest BCUT2D eigenvalue weighted by Crippen LogP contribution is -2.19. The van der Waals surface area contributed by atoms with E-state index in [4.69, 9.17) is 0 Å². The Morgan fingerprint density at radius 3 is 2.41 bits per heavy atom. The van der Waals surface area contributed by atoms with Crippen LogP contribution in [-0.2, 0) is 4.79 Å². The highest BCUT2D eigenvalue weighted by Gasteiger charge is 2.31. The molecule has 3 aromatic rings. The van der Waals surface area contributed by atoms with Crippen LogP contribution in [0.15, 0.2) is 54.9 Å². The number of benzene rings is 2. The SMILES string of the molecule is CCC(CNC=O)c1ccc(-c2ncn(-c3ccc(OC(F)(F)F)cc3)n2)cc1. The van der Waals surface area contributed by atoms with Gasteiger partial charge in [0.25, 0.3) is 0 Å². The van der Waals surface area contributed by atoms with E-state index in [1.54, 1.807) is 0 Å². The van der Waals surface area contributed by atoms with Crippen molar-refractivity contribution in [3.63, 3.8) is 0 Å². The summed E-state index contributed by atoms with van der Waals surface area (Å²) in [5.74, 6) is 0.412. The van der Waals surface area contributed by atoms with Gasteiger partial charge >= 0.3 is 6.36 Å². The number of halogens is 3. The monoisotopic (exact) mass is 404 g/mol. The summed E-state index contributed by atoms with van der Waals surface area (Å²) in [7, 11) is 0. The van der Waals surface area contributed by atoms with Gasteiger partial charge in [-0.1, -0.05) is 31.2 Å². The maximum atomic E-state index is 12.2. The number of hydrogen-bond donors (Lipinski definition) is 1. The number of alkyl halides is 3. The Hall–Kier alpha value is -3.36. The number of carbonyl (C=O) groups is 1. The van der Waals surface area contributed by atoms with Crippen molar-refractivity contribution in [2.24, 2.45) is 0 Å². The summed E-state index contributed by atoms with van der Waals surface area (Å²) in [6, 6.07) is 13.1. The van der Waals surface area contributed by atoms with Crippen LogP contribution in [0, 0.1) is 0 Å². The normalized spacial score (nSPS) is 12.4. The quantitative estimate of drug-likeness (QED) is 0.575. The van der Waals surface area contributed by atoms with Gasteiger partial charge in [-0.2, -0.15) is 0 Å². The average molecular weight is 404 g/mol. The van der Waals surface area contributed by atoms with Crippen LogP contribution in [-0.4, -0.2) is 34.1 Å². The van der Waals surface area contributed by atoms with Crippen molar-refractivity contribution in [2.75, 3.05) is 6.54 Å². The molecule has 1 heterocycles. The first-order valence-corrected chi connectivity index (χ1v) is 8.95. The third-order valence-electron chi connectivity index (χ3n) is 4.41. The van der Waals surface area contributed by atoms with Crippen LogP contribution in [0.5, 0.6) is 5.75 Å². The zero-order valence-electron chi connectivity index (χ0n) is 15.6. The van der Waals surface area contributed by atoms with E-state index in [1.807, 2.05) is 24.3 Å². The molecule has 0 bridgehead atoms. The summed E-state index contributed by atoms with van der Waals surface area (Å²) in [4.78, 5) is 14.8. The lowest BCUT2D eigenvalue weighted by Gasteiger charge is -2.14. The first-order chi connectivity index (χ1) is 13.9. The van der Waals surface area contributed by atoms with Gasteiger partial charge in [0, 0.05) is 18.0 Å². The second kappa shape index (κ2) is 8.76. The number of rotatable bonds is 8. The zero-order valence-corrected chi connectivity index (χ0v) is 15.6. The van der Waals surface area contributed by atoms with Gasteiger partial charge in [0.15, 0.2) is 5.82 Å². The van der Waals surface area contributed by atoms with Crippen molar-refractivity contribution in [1.82, 2.24) is 20.1 Å². The number of carbonyl (C=O) groups excluding carboxylic acids is 1. The molecule has 0 fully saturated rings. The Bertz CT molecular complexity index is 938. The molecule has 0 aliphatic carbocycles. The minimum Gasteiger partial charge on any atom is -0.406 e. The molecule has 0 saturated heterocycles. The first kappa shape index (κ1) is 20.4. The highest BCUT2D eigenvalue weighted by molar-refractivity contribution is 5.55. The van der Waals surface area contributed by atoms with Crippen LogP contribution in [0.25, 0.3) is 17.1 Å². The molecular weight excluding hydrogens is 385 g/mol. The second-order valence-corrected chi connectivity index (χ2v) is 6.31. The summed E-state index contributed by atoms with van der Waals surface area (Å²) < 4.78 is 42.1. The molecule has 9 heteroatoms. The van der Waals surface area contributed by atoms with Crippen molar-refractivity contribution in [1.29, 1.82) is 0 Å². The molecule has 0 aliphatic rings. The molecule has 3 rings (SSSR count). The average Bonchev–Trinajstić information content (AvgIpc) is 3.19. The van der Waals surface area contributed by atoms with E-state index in [0.717, 1.165) is 17.5 Å². The predicted molar refractivity (Wildman–Crippen MR) is 101 cm³/mol. The predicted octanol–water partition coefficient (Wildman–Crippen LogP) is 4.07. The maximum absolute atomic E-state index is 12.2. The third kappa shape index (κ3) is 5.34. The van der Waals surface area contributed by atoms with Crippen LogP contribution in [0.2, 0.25) is 0 Å². The highest BCUT2D eigenvalue weighted by atomic mass is 19.4. The summed E-state index contributed by atoms with van der Waals surface area (Å²) >= 11 is 0. The molecule has 0 aliphatic heterocycles. The van der Waals surface area contributed by atoms with E-state index in [-0.39, 0.29) is 11.7 Å². The fourth-order valence-corrected chi connectivity index (χ4v) is 2.91. The van der Waals surface area contributed by atoms with Crippen LogP contribution in [0.4, 0.5) is 13.2 Å². The molecule has 1 amide bonds. The molecule has 6 nitrogen and oxygen atoms in total. The third-order valence-corrected chi connectivity index (χ3v) is 4.41. The maximum Gasteiger partial charge on any atom is 0.573 e. The molecule has 152 valence electrons. The number of nitrogens with one attached hydrogen (secondary N) is 1. The van der Waals surface area contributed by atoms with Crippen molar-refractivity contribution in [2.45, 2.75) is 25.6 Å². The van der Waals surface area contributed by atoms with E-state index >= 15 is 0 Å². The molecule has 29 heavy (non-hydrogen) atoms. The molecule has 0 radical (unpaired) electrons. The number of aromatic nitrogens is 3. The van der Waals surface area contributed by atoms with Crippen LogP contribution >= 0.6 is 0 Å². The van der Waals surface area contributed by atoms with Gasteiger partial charge in [0.05, 0.1) is 5.69 Å². The Labute approximate surface area is 165 Å². The van der Waals surface area contributed by atoms with Gasteiger partial charge in [0.1, 0.15) is 12.1 Å². The second-order valence-electron chi connectivity index (χ2n) is 6.31. The molecule has 1 atom stereocenters. The molecule has 1 aromatic heterocycles. The fourth-order valence-electron chi connectivity index (χ4n) is 2.91. The van der Waals surface area contributed by atoms with E-state index in [2.05, 4.69) is 27.1 Å². The van der Waals surface area contributed by atoms with E-state index in [1.165, 1.54) is 35.3 Å². The Kier molecular flexibility index (Phi) is 6.16. The minimum atomic E-state index is -4.73. The largest absolute Gasteiger partial charge is 0.573 e. The summed E-state index contributed by atoms with van der Waals surface area (Å²) in [6.45, 7) is 2.62. The first-order valence-electron chi connectivity index (χ1n) is 8.95. The minimum absolute atomic E-state index is 0.220. The van der Waals surface area contributed by atoms with E-state index in [0.29, 0.717) is 24.5 Å². The summed E-state index contributed by atoms with van der Waals surface area (Å²) in [5, 5.41) is 7.09.